The van der Waals surface area contributed by atoms with Crippen LogP contribution in [0.25, 0.3) is 0 Å². The third kappa shape index (κ3) is 4.02. The van der Waals surface area contributed by atoms with Crippen LogP contribution in [0.1, 0.15) is 0 Å². The monoisotopic (exact) mass is 270 g/mol. The summed E-state index contributed by atoms with van der Waals surface area (Å²) in [6.07, 6.45) is 0. The lowest BCUT2D eigenvalue weighted by atomic mass is 10.3. The molecule has 0 aliphatic rings. The van der Waals surface area contributed by atoms with Gasteiger partial charge in [0.15, 0.2) is 0 Å². The number of amides is 2. The maximum atomic E-state index is 11.9. The molecule has 0 heterocycles. The first-order valence-corrected chi connectivity index (χ1v) is 6.52. The Balaban J connectivity index is 1.73. The predicted octanol–water partition coefficient (Wildman–Crippen LogP) is 2.91. The van der Waals surface area contributed by atoms with Gasteiger partial charge >= 0.3 is 6.03 Å². The Hall–Kier alpha value is -2.49. The lowest BCUT2D eigenvalue weighted by Gasteiger charge is -2.18. The molecule has 0 atom stereocenters. The van der Waals surface area contributed by atoms with Gasteiger partial charge in [-0.05, 0) is 24.3 Å². The van der Waals surface area contributed by atoms with Gasteiger partial charge < -0.3 is 10.1 Å². The number of hydrogen-bond donors (Lipinski definition) is 1. The summed E-state index contributed by atoms with van der Waals surface area (Å²) in [5, 5.41) is 2.81. The van der Waals surface area contributed by atoms with E-state index in [4.69, 9.17) is 4.74 Å². The third-order valence-electron chi connectivity index (χ3n) is 2.84. The fraction of sp³-hybridized carbons (Fsp3) is 0.188. The maximum absolute atomic E-state index is 11.9. The molecule has 0 aromatic heterocycles. The fourth-order valence-electron chi connectivity index (χ4n) is 1.73. The highest BCUT2D eigenvalue weighted by Crippen LogP contribution is 2.10. The van der Waals surface area contributed by atoms with E-state index in [9.17, 15) is 4.79 Å². The summed E-state index contributed by atoms with van der Waals surface area (Å²) in [6, 6.07) is 18.9. The molecule has 0 radical (unpaired) electrons. The van der Waals surface area contributed by atoms with Crippen molar-refractivity contribution >= 4 is 11.7 Å². The zero-order valence-corrected chi connectivity index (χ0v) is 11.5. The molecular weight excluding hydrogens is 252 g/mol. The van der Waals surface area contributed by atoms with Gasteiger partial charge in [0.1, 0.15) is 12.4 Å². The average Bonchev–Trinajstić information content (AvgIpc) is 2.52. The van der Waals surface area contributed by atoms with E-state index in [1.54, 1.807) is 11.9 Å². The summed E-state index contributed by atoms with van der Waals surface area (Å²) in [6.45, 7) is 0.906. The zero-order valence-electron chi connectivity index (χ0n) is 11.5. The van der Waals surface area contributed by atoms with Crippen molar-refractivity contribution in [2.45, 2.75) is 0 Å². The number of nitrogens with zero attached hydrogens (tertiary/aromatic N) is 1. The van der Waals surface area contributed by atoms with Gasteiger partial charge in [-0.1, -0.05) is 36.4 Å². The number of nitrogens with one attached hydrogen (secondary N) is 1. The van der Waals surface area contributed by atoms with E-state index in [0.29, 0.717) is 13.2 Å². The largest absolute Gasteiger partial charge is 0.492 e. The van der Waals surface area contributed by atoms with E-state index < -0.39 is 0 Å². The highest BCUT2D eigenvalue weighted by molar-refractivity contribution is 5.91. The van der Waals surface area contributed by atoms with Crippen molar-refractivity contribution in [3.63, 3.8) is 0 Å². The van der Waals surface area contributed by atoms with Crippen LogP contribution >= 0.6 is 0 Å². The van der Waals surface area contributed by atoms with E-state index >= 15 is 0 Å². The third-order valence-corrected chi connectivity index (χ3v) is 2.84. The lowest BCUT2D eigenvalue weighted by Crippen LogP contribution is -2.39. The van der Waals surface area contributed by atoms with Crippen LogP contribution in [0.4, 0.5) is 10.5 Å². The second kappa shape index (κ2) is 7.19. The van der Waals surface area contributed by atoms with E-state index in [0.717, 1.165) is 11.4 Å². The molecule has 0 saturated heterocycles. The van der Waals surface area contributed by atoms with Crippen molar-refractivity contribution in [3.05, 3.63) is 60.7 Å². The van der Waals surface area contributed by atoms with Gasteiger partial charge in [0.2, 0.25) is 0 Å². The number of ether oxygens (including phenoxy) is 1. The summed E-state index contributed by atoms with van der Waals surface area (Å²) in [4.78, 5) is 13.5. The number of benzene rings is 2. The van der Waals surface area contributed by atoms with Gasteiger partial charge in [0, 0.05) is 12.7 Å². The van der Waals surface area contributed by atoms with Crippen molar-refractivity contribution < 1.29 is 9.53 Å². The Labute approximate surface area is 119 Å². The van der Waals surface area contributed by atoms with E-state index in [1.807, 2.05) is 60.7 Å². The molecule has 0 bridgehead atoms. The molecule has 104 valence electrons. The Morgan fingerprint density at radius 1 is 1.05 bits per heavy atom. The fourth-order valence-corrected chi connectivity index (χ4v) is 1.73. The van der Waals surface area contributed by atoms with Gasteiger partial charge in [0.25, 0.3) is 0 Å². The second-order valence-electron chi connectivity index (χ2n) is 4.29. The van der Waals surface area contributed by atoms with Crippen molar-refractivity contribution in [2.75, 3.05) is 25.1 Å². The minimum absolute atomic E-state index is 0.145. The molecule has 0 aliphatic carbocycles. The van der Waals surface area contributed by atoms with Crippen LogP contribution in [0.3, 0.4) is 0 Å². The molecule has 0 unspecified atom stereocenters. The number of urea groups is 1. The van der Waals surface area contributed by atoms with Crippen molar-refractivity contribution in [3.8, 4) is 5.75 Å². The summed E-state index contributed by atoms with van der Waals surface area (Å²) in [5.41, 5.74) is 0.856. The highest BCUT2D eigenvalue weighted by Gasteiger charge is 2.08. The van der Waals surface area contributed by atoms with Crippen LogP contribution in [-0.4, -0.2) is 26.2 Å². The quantitative estimate of drug-likeness (QED) is 0.849. The predicted molar refractivity (Wildman–Crippen MR) is 80.2 cm³/mol. The van der Waals surface area contributed by atoms with Gasteiger partial charge in [-0.15, -0.1) is 0 Å². The van der Waals surface area contributed by atoms with Crippen LogP contribution < -0.4 is 15.0 Å². The minimum Gasteiger partial charge on any atom is -0.492 e. The van der Waals surface area contributed by atoms with Crippen LogP contribution in [0.2, 0.25) is 0 Å². The van der Waals surface area contributed by atoms with Gasteiger partial charge in [0.05, 0.1) is 6.54 Å². The molecule has 20 heavy (non-hydrogen) atoms. The Bertz CT molecular complexity index is 529. The van der Waals surface area contributed by atoms with Gasteiger partial charge in [-0.2, -0.15) is 0 Å². The number of hydrogen-bond acceptors (Lipinski definition) is 2. The Kier molecular flexibility index (Phi) is 5.00. The average molecular weight is 270 g/mol. The first-order valence-electron chi connectivity index (χ1n) is 6.52. The highest BCUT2D eigenvalue weighted by atomic mass is 16.5. The molecule has 2 rings (SSSR count). The van der Waals surface area contributed by atoms with E-state index in [1.165, 1.54) is 0 Å². The normalized spacial score (nSPS) is 9.85. The molecule has 4 heteroatoms. The van der Waals surface area contributed by atoms with E-state index in [2.05, 4.69) is 5.32 Å². The van der Waals surface area contributed by atoms with E-state index in [-0.39, 0.29) is 6.03 Å². The number of carbonyl (C=O) groups is 1. The first kappa shape index (κ1) is 13.9. The van der Waals surface area contributed by atoms with Crippen LogP contribution in [0.15, 0.2) is 60.7 Å². The van der Waals surface area contributed by atoms with Crippen molar-refractivity contribution in [1.82, 2.24) is 5.32 Å². The summed E-state index contributed by atoms with van der Waals surface area (Å²) in [5.74, 6) is 0.804. The minimum atomic E-state index is -0.145. The molecule has 1 N–H and O–H groups in total. The molecule has 0 aliphatic heterocycles. The van der Waals surface area contributed by atoms with Gasteiger partial charge in [-0.3, -0.25) is 4.90 Å². The molecular formula is C16H18N2O2. The molecule has 2 amide bonds. The molecule has 2 aromatic rings. The van der Waals surface area contributed by atoms with Crippen LogP contribution in [0, 0.1) is 0 Å². The molecule has 0 spiro atoms. The number of rotatable bonds is 5. The summed E-state index contributed by atoms with van der Waals surface area (Å²) in [7, 11) is 1.74. The van der Waals surface area contributed by atoms with Crippen molar-refractivity contribution in [2.24, 2.45) is 0 Å². The molecule has 0 fully saturated rings. The summed E-state index contributed by atoms with van der Waals surface area (Å²) >= 11 is 0. The Morgan fingerprint density at radius 2 is 1.65 bits per heavy atom. The number of anilines is 1. The van der Waals surface area contributed by atoms with Gasteiger partial charge in [-0.25, -0.2) is 4.79 Å². The first-order chi connectivity index (χ1) is 9.77. The van der Waals surface area contributed by atoms with Crippen LogP contribution in [-0.2, 0) is 0 Å². The topological polar surface area (TPSA) is 41.6 Å². The molecule has 2 aromatic carbocycles. The smallest absolute Gasteiger partial charge is 0.321 e. The second-order valence-corrected chi connectivity index (χ2v) is 4.29. The van der Waals surface area contributed by atoms with Crippen molar-refractivity contribution in [1.29, 1.82) is 0 Å². The molecule has 4 nitrogen and oxygen atoms in total. The molecule has 0 saturated carbocycles. The summed E-state index contributed by atoms with van der Waals surface area (Å²) < 4.78 is 5.51. The number of carbonyl (C=O) groups excluding carboxylic acids is 1. The number of para-hydroxylation sites is 2. The Morgan fingerprint density at radius 3 is 2.30 bits per heavy atom. The van der Waals surface area contributed by atoms with Crippen LogP contribution in [0.5, 0.6) is 5.75 Å². The SMILES string of the molecule is CN(C(=O)NCCOc1ccccc1)c1ccccc1. The zero-order chi connectivity index (χ0) is 14.2. The standard InChI is InChI=1S/C16H18N2O2/c1-18(14-8-4-2-5-9-14)16(19)17-12-13-20-15-10-6-3-7-11-15/h2-11H,12-13H2,1H3,(H,17,19). The lowest BCUT2D eigenvalue weighted by molar-refractivity contribution is 0.243. The maximum Gasteiger partial charge on any atom is 0.321 e.